The summed E-state index contributed by atoms with van der Waals surface area (Å²) in [7, 11) is 0. The first-order valence-corrected chi connectivity index (χ1v) is 7.77. The first-order chi connectivity index (χ1) is 11.3. The highest BCUT2D eigenvalue weighted by Crippen LogP contribution is 2.52. The summed E-state index contributed by atoms with van der Waals surface area (Å²) >= 11 is 3.37. The van der Waals surface area contributed by atoms with Gasteiger partial charge in [0, 0.05) is 15.6 Å². The predicted molar refractivity (Wildman–Crippen MR) is 84.0 cm³/mol. The van der Waals surface area contributed by atoms with E-state index in [0.717, 1.165) is 16.6 Å². The van der Waals surface area contributed by atoms with E-state index in [1.807, 2.05) is 0 Å². The summed E-state index contributed by atoms with van der Waals surface area (Å²) in [5, 5.41) is 0. The van der Waals surface area contributed by atoms with Crippen LogP contribution in [0.5, 0.6) is 11.5 Å². The van der Waals surface area contributed by atoms with Gasteiger partial charge < -0.3 is 15.2 Å². The fourth-order valence-corrected chi connectivity index (χ4v) is 3.36. The summed E-state index contributed by atoms with van der Waals surface area (Å²) in [6.45, 7) is 0.0138. The molecule has 2 aliphatic rings. The maximum atomic E-state index is 13.1. The molecule has 0 aromatic heterocycles. The smallest absolute Gasteiger partial charge is 0.416 e. The topological polar surface area (TPSA) is 56.8 Å². The molecule has 4 rings (SSSR count). The van der Waals surface area contributed by atoms with Crippen molar-refractivity contribution in [1.82, 2.24) is 0 Å². The lowest BCUT2D eigenvalue weighted by atomic mass is 9.81. The number of aliphatic imine (C=N–C) groups is 1. The number of hydrogen-bond donors (Lipinski definition) is 1. The van der Waals surface area contributed by atoms with Crippen LogP contribution in [0.2, 0.25) is 0 Å². The number of halogens is 4. The molecule has 0 saturated carbocycles. The number of benzene rings is 2. The molecule has 0 fully saturated rings. The van der Waals surface area contributed by atoms with Gasteiger partial charge in [0.15, 0.2) is 5.54 Å². The van der Waals surface area contributed by atoms with E-state index in [1.165, 1.54) is 6.07 Å². The summed E-state index contributed by atoms with van der Waals surface area (Å²) < 4.78 is 51.2. The second-order valence-corrected chi connectivity index (χ2v) is 6.47. The van der Waals surface area contributed by atoms with Crippen molar-refractivity contribution in [3.05, 3.63) is 57.6 Å². The third-order valence-electron chi connectivity index (χ3n) is 4.09. The Morgan fingerprint density at radius 3 is 2.38 bits per heavy atom. The Kier molecular flexibility index (Phi) is 3.12. The molecule has 24 heavy (non-hydrogen) atoms. The molecule has 8 heteroatoms. The van der Waals surface area contributed by atoms with Gasteiger partial charge in [-0.3, -0.25) is 0 Å². The van der Waals surface area contributed by atoms with E-state index < -0.39 is 17.3 Å². The van der Waals surface area contributed by atoms with E-state index in [-0.39, 0.29) is 18.2 Å². The summed E-state index contributed by atoms with van der Waals surface area (Å²) in [4.78, 5) is 4.33. The van der Waals surface area contributed by atoms with Crippen LogP contribution in [0.25, 0.3) is 0 Å². The first kappa shape index (κ1) is 15.3. The molecule has 4 nitrogen and oxygen atoms in total. The van der Waals surface area contributed by atoms with Gasteiger partial charge in [0.05, 0.1) is 5.56 Å². The fraction of sp³-hybridized carbons (Fsp3) is 0.188. The molecule has 1 atom stereocenters. The summed E-state index contributed by atoms with van der Waals surface area (Å²) in [5.74, 6) is 0.812. The first-order valence-electron chi connectivity index (χ1n) is 6.97. The fourth-order valence-electron chi connectivity index (χ4n) is 3.00. The Bertz CT molecular complexity index is 882. The molecular formula is C16H10BrF3N2O2. The van der Waals surface area contributed by atoms with Crippen molar-refractivity contribution in [3.8, 4) is 11.5 Å². The van der Waals surface area contributed by atoms with Crippen LogP contribution in [0.1, 0.15) is 16.7 Å². The highest BCUT2D eigenvalue weighted by molar-refractivity contribution is 9.10. The Morgan fingerprint density at radius 1 is 1.08 bits per heavy atom. The second kappa shape index (κ2) is 4.89. The summed E-state index contributed by atoms with van der Waals surface area (Å²) in [6.07, 6.45) is -4.47. The van der Waals surface area contributed by atoms with Crippen LogP contribution in [0.4, 0.5) is 13.2 Å². The second-order valence-electron chi connectivity index (χ2n) is 5.55. The molecule has 2 aromatic carbocycles. The summed E-state index contributed by atoms with van der Waals surface area (Å²) in [6, 6.07) is 8.53. The van der Waals surface area contributed by atoms with E-state index in [0.29, 0.717) is 17.1 Å². The van der Waals surface area contributed by atoms with Crippen molar-refractivity contribution in [2.24, 2.45) is 10.7 Å². The zero-order valence-corrected chi connectivity index (χ0v) is 13.6. The Labute approximate surface area is 143 Å². The number of alkyl halides is 3. The van der Waals surface area contributed by atoms with Gasteiger partial charge in [0.25, 0.3) is 6.02 Å². The molecule has 2 N–H and O–H groups in total. The third kappa shape index (κ3) is 2.16. The molecule has 2 heterocycles. The average molecular weight is 399 g/mol. The normalized spacial score (nSPS) is 21.6. The van der Waals surface area contributed by atoms with Crippen LogP contribution >= 0.6 is 15.9 Å². The van der Waals surface area contributed by atoms with Gasteiger partial charge in [-0.15, -0.1) is 0 Å². The number of ether oxygens (including phenoxy) is 2. The Hall–Kier alpha value is -2.22. The van der Waals surface area contributed by atoms with Crippen LogP contribution in [0, 0.1) is 0 Å². The lowest BCUT2D eigenvalue weighted by Crippen LogP contribution is -2.31. The summed E-state index contributed by atoms with van der Waals surface area (Å²) in [5.41, 5.74) is 4.62. The molecule has 2 aromatic rings. The molecule has 0 radical (unpaired) electrons. The van der Waals surface area contributed by atoms with Crippen LogP contribution in [-0.4, -0.2) is 12.6 Å². The SMILES string of the molecule is NC1=NC2(CO1)c1cc(Br)ccc1Oc1ccc(C(F)(F)F)cc12. The predicted octanol–water partition coefficient (Wildman–Crippen LogP) is 4.16. The Balaban J connectivity index is 2.00. The standard InChI is InChI=1S/C16H10BrF3N2O2/c17-9-2-4-13-11(6-9)15(7-23-14(21)22-15)10-5-8(16(18,19)20)1-3-12(10)24-13/h1-6H,7H2,(H2,21,22). The number of fused-ring (bicyclic) bond motifs is 4. The maximum Gasteiger partial charge on any atom is 0.416 e. The van der Waals surface area contributed by atoms with E-state index >= 15 is 0 Å². The van der Waals surface area contributed by atoms with Gasteiger partial charge in [0.2, 0.25) is 0 Å². The largest absolute Gasteiger partial charge is 0.462 e. The van der Waals surface area contributed by atoms with Crippen LogP contribution < -0.4 is 10.5 Å². The minimum absolute atomic E-state index is 0.0138. The zero-order valence-electron chi connectivity index (χ0n) is 12.0. The van der Waals surface area contributed by atoms with Gasteiger partial charge in [0.1, 0.15) is 18.1 Å². The Morgan fingerprint density at radius 2 is 1.75 bits per heavy atom. The molecule has 0 saturated heterocycles. The highest BCUT2D eigenvalue weighted by atomic mass is 79.9. The third-order valence-corrected chi connectivity index (χ3v) is 4.58. The van der Waals surface area contributed by atoms with Crippen molar-refractivity contribution in [1.29, 1.82) is 0 Å². The van der Waals surface area contributed by atoms with Crippen molar-refractivity contribution in [2.75, 3.05) is 6.61 Å². The van der Waals surface area contributed by atoms with E-state index in [2.05, 4.69) is 20.9 Å². The number of amidine groups is 1. The van der Waals surface area contributed by atoms with E-state index in [1.54, 1.807) is 18.2 Å². The molecule has 1 unspecified atom stereocenters. The number of nitrogens with zero attached hydrogens (tertiary/aromatic N) is 1. The monoisotopic (exact) mass is 398 g/mol. The van der Waals surface area contributed by atoms with Crippen molar-refractivity contribution in [3.63, 3.8) is 0 Å². The quantitative estimate of drug-likeness (QED) is 0.724. The molecule has 0 amide bonds. The average Bonchev–Trinajstić information content (AvgIpc) is 2.90. The zero-order chi connectivity index (χ0) is 17.1. The lowest BCUT2D eigenvalue weighted by Gasteiger charge is -2.33. The van der Waals surface area contributed by atoms with Crippen LogP contribution in [-0.2, 0) is 16.5 Å². The van der Waals surface area contributed by atoms with Gasteiger partial charge >= 0.3 is 6.18 Å². The van der Waals surface area contributed by atoms with Crippen molar-refractivity contribution in [2.45, 2.75) is 11.7 Å². The van der Waals surface area contributed by atoms with Gasteiger partial charge in [-0.05, 0) is 36.4 Å². The maximum absolute atomic E-state index is 13.1. The number of rotatable bonds is 0. The molecular weight excluding hydrogens is 389 g/mol. The van der Waals surface area contributed by atoms with E-state index in [4.69, 9.17) is 15.2 Å². The van der Waals surface area contributed by atoms with Crippen molar-refractivity contribution < 1.29 is 22.6 Å². The minimum atomic E-state index is -4.47. The molecule has 1 spiro atoms. The van der Waals surface area contributed by atoms with Gasteiger partial charge in [-0.1, -0.05) is 15.9 Å². The molecule has 0 aliphatic carbocycles. The van der Waals surface area contributed by atoms with Crippen LogP contribution in [0.3, 0.4) is 0 Å². The van der Waals surface area contributed by atoms with E-state index in [9.17, 15) is 13.2 Å². The minimum Gasteiger partial charge on any atom is -0.462 e. The molecule has 124 valence electrons. The van der Waals surface area contributed by atoms with Crippen molar-refractivity contribution >= 4 is 22.0 Å². The molecule has 2 aliphatic heterocycles. The lowest BCUT2D eigenvalue weighted by molar-refractivity contribution is -0.137. The highest BCUT2D eigenvalue weighted by Gasteiger charge is 2.48. The number of hydrogen-bond acceptors (Lipinski definition) is 4. The van der Waals surface area contributed by atoms with Gasteiger partial charge in [-0.25, -0.2) is 4.99 Å². The van der Waals surface area contributed by atoms with Gasteiger partial charge in [-0.2, -0.15) is 13.2 Å². The number of nitrogens with two attached hydrogens (primary N) is 1. The van der Waals surface area contributed by atoms with Crippen LogP contribution in [0.15, 0.2) is 45.9 Å². The molecule has 0 bridgehead atoms.